The minimum Gasteiger partial charge on any atom is -0.381 e. The zero-order chi connectivity index (χ0) is 14.9. The average Bonchev–Trinajstić information content (AvgIpc) is 2.38. The molecule has 0 aliphatic heterocycles. The van der Waals surface area contributed by atoms with Gasteiger partial charge in [-0.2, -0.15) is 0 Å². The molecule has 2 aromatic rings. The van der Waals surface area contributed by atoms with Gasteiger partial charge in [0.2, 0.25) is 0 Å². The summed E-state index contributed by atoms with van der Waals surface area (Å²) < 4.78 is 1.20. The summed E-state index contributed by atoms with van der Waals surface area (Å²) in [5, 5.41) is 3.54. The van der Waals surface area contributed by atoms with E-state index in [1.54, 1.807) is 0 Å². The van der Waals surface area contributed by atoms with Crippen molar-refractivity contribution in [2.75, 3.05) is 5.32 Å². The molecule has 2 heteroatoms. The molecule has 0 bridgehead atoms. The first-order chi connectivity index (χ1) is 9.38. The van der Waals surface area contributed by atoms with E-state index in [9.17, 15) is 0 Å². The Labute approximate surface area is 130 Å². The second-order valence-corrected chi connectivity index (χ2v) is 6.43. The number of aryl methyl sites for hydroxylation is 5. The van der Waals surface area contributed by atoms with Crippen LogP contribution in [0.3, 0.4) is 0 Å². The minimum atomic E-state index is 0.869. The zero-order valence-electron chi connectivity index (χ0n) is 12.9. The van der Waals surface area contributed by atoms with Gasteiger partial charge >= 0.3 is 0 Å². The number of hydrogen-bond acceptors (Lipinski definition) is 1. The largest absolute Gasteiger partial charge is 0.381 e. The first-order valence-electron chi connectivity index (χ1n) is 6.96. The summed E-state index contributed by atoms with van der Waals surface area (Å²) in [6.07, 6.45) is 0. The molecule has 2 aromatic carbocycles. The lowest BCUT2D eigenvalue weighted by molar-refractivity contribution is 1.10. The van der Waals surface area contributed by atoms with Crippen LogP contribution in [0.4, 0.5) is 5.69 Å². The SMILES string of the molecule is Cc1cc(C)c(CNc2cc(C)c(Br)c(C)c2)cc1C. The molecule has 1 N–H and O–H groups in total. The van der Waals surface area contributed by atoms with Gasteiger partial charge in [-0.1, -0.05) is 28.1 Å². The van der Waals surface area contributed by atoms with Crippen molar-refractivity contribution in [1.29, 1.82) is 0 Å². The molecule has 20 heavy (non-hydrogen) atoms. The van der Waals surface area contributed by atoms with E-state index >= 15 is 0 Å². The Hall–Kier alpha value is -1.28. The van der Waals surface area contributed by atoms with E-state index in [0.29, 0.717) is 0 Å². The predicted molar refractivity (Wildman–Crippen MR) is 91.6 cm³/mol. The van der Waals surface area contributed by atoms with Crippen LogP contribution >= 0.6 is 15.9 Å². The highest BCUT2D eigenvalue weighted by molar-refractivity contribution is 9.10. The molecule has 0 aliphatic rings. The summed E-state index contributed by atoms with van der Waals surface area (Å²) in [6.45, 7) is 11.6. The average molecular weight is 332 g/mol. The Balaban J connectivity index is 2.19. The van der Waals surface area contributed by atoms with Gasteiger partial charge < -0.3 is 5.32 Å². The summed E-state index contributed by atoms with van der Waals surface area (Å²) in [7, 11) is 0. The van der Waals surface area contributed by atoms with Gasteiger partial charge in [0.15, 0.2) is 0 Å². The number of anilines is 1. The zero-order valence-corrected chi connectivity index (χ0v) is 14.5. The van der Waals surface area contributed by atoms with E-state index in [1.807, 2.05) is 0 Å². The maximum absolute atomic E-state index is 3.61. The molecular formula is C18H22BrN. The van der Waals surface area contributed by atoms with Gasteiger partial charge in [-0.05, 0) is 80.1 Å². The summed E-state index contributed by atoms with van der Waals surface area (Å²) >= 11 is 3.61. The summed E-state index contributed by atoms with van der Waals surface area (Å²) in [5.41, 5.74) is 9.16. The lowest BCUT2D eigenvalue weighted by Crippen LogP contribution is -2.03. The molecule has 0 unspecified atom stereocenters. The van der Waals surface area contributed by atoms with Gasteiger partial charge in [0, 0.05) is 16.7 Å². The van der Waals surface area contributed by atoms with Crippen LogP contribution in [0.25, 0.3) is 0 Å². The third kappa shape index (κ3) is 3.24. The van der Waals surface area contributed by atoms with Gasteiger partial charge in [0.1, 0.15) is 0 Å². The molecule has 0 radical (unpaired) electrons. The standard InChI is InChI=1S/C18H22BrN/c1-11-6-13(3)16(7-12(11)2)10-20-17-8-14(4)18(19)15(5)9-17/h6-9,20H,10H2,1-5H3. The molecule has 0 spiro atoms. The maximum Gasteiger partial charge on any atom is 0.0403 e. The molecule has 106 valence electrons. The monoisotopic (exact) mass is 331 g/mol. The number of benzene rings is 2. The van der Waals surface area contributed by atoms with Gasteiger partial charge in [-0.15, -0.1) is 0 Å². The van der Waals surface area contributed by atoms with Gasteiger partial charge in [0.25, 0.3) is 0 Å². The van der Waals surface area contributed by atoms with Crippen molar-refractivity contribution in [1.82, 2.24) is 0 Å². The minimum absolute atomic E-state index is 0.869. The van der Waals surface area contributed by atoms with Crippen LogP contribution < -0.4 is 5.32 Å². The second kappa shape index (κ2) is 6.01. The lowest BCUT2D eigenvalue weighted by Gasteiger charge is -2.13. The molecule has 0 aromatic heterocycles. The van der Waals surface area contributed by atoms with Crippen molar-refractivity contribution in [2.45, 2.75) is 41.2 Å². The fraction of sp³-hybridized carbons (Fsp3) is 0.333. The molecule has 0 saturated heterocycles. The van der Waals surface area contributed by atoms with E-state index in [1.165, 1.54) is 43.5 Å². The number of nitrogens with one attached hydrogen (secondary N) is 1. The number of rotatable bonds is 3. The van der Waals surface area contributed by atoms with E-state index in [0.717, 1.165) is 6.54 Å². The highest BCUT2D eigenvalue weighted by Crippen LogP contribution is 2.25. The van der Waals surface area contributed by atoms with Crippen molar-refractivity contribution >= 4 is 21.6 Å². The van der Waals surface area contributed by atoms with Gasteiger partial charge in [-0.3, -0.25) is 0 Å². The molecular weight excluding hydrogens is 310 g/mol. The fourth-order valence-electron chi connectivity index (χ4n) is 2.46. The fourth-order valence-corrected chi connectivity index (χ4v) is 2.68. The Morgan fingerprint density at radius 3 is 1.90 bits per heavy atom. The first-order valence-corrected chi connectivity index (χ1v) is 7.75. The summed E-state index contributed by atoms with van der Waals surface area (Å²) in [5.74, 6) is 0. The normalized spacial score (nSPS) is 10.7. The van der Waals surface area contributed by atoms with E-state index in [-0.39, 0.29) is 0 Å². The van der Waals surface area contributed by atoms with Crippen molar-refractivity contribution < 1.29 is 0 Å². The molecule has 2 rings (SSSR count). The Morgan fingerprint density at radius 1 is 0.750 bits per heavy atom. The van der Waals surface area contributed by atoms with E-state index < -0.39 is 0 Å². The van der Waals surface area contributed by atoms with Crippen LogP contribution in [0.2, 0.25) is 0 Å². The van der Waals surface area contributed by atoms with Crippen LogP contribution in [0.5, 0.6) is 0 Å². The Morgan fingerprint density at radius 2 is 1.30 bits per heavy atom. The molecule has 0 atom stereocenters. The molecule has 0 saturated carbocycles. The van der Waals surface area contributed by atoms with Crippen LogP contribution in [0, 0.1) is 34.6 Å². The molecule has 0 fully saturated rings. The summed E-state index contributed by atoms with van der Waals surface area (Å²) in [6, 6.07) is 8.93. The third-order valence-corrected chi connectivity index (χ3v) is 5.12. The van der Waals surface area contributed by atoms with Crippen molar-refractivity contribution in [2.24, 2.45) is 0 Å². The predicted octanol–water partition coefficient (Wildman–Crippen LogP) is 5.60. The smallest absolute Gasteiger partial charge is 0.0403 e. The van der Waals surface area contributed by atoms with Crippen molar-refractivity contribution in [3.63, 3.8) is 0 Å². The van der Waals surface area contributed by atoms with Crippen molar-refractivity contribution in [3.05, 3.63) is 62.1 Å². The molecule has 0 heterocycles. The quantitative estimate of drug-likeness (QED) is 0.771. The van der Waals surface area contributed by atoms with Crippen molar-refractivity contribution in [3.8, 4) is 0 Å². The number of hydrogen-bond donors (Lipinski definition) is 1. The van der Waals surface area contributed by atoms with Gasteiger partial charge in [-0.25, -0.2) is 0 Å². The topological polar surface area (TPSA) is 12.0 Å². The van der Waals surface area contributed by atoms with E-state index in [4.69, 9.17) is 0 Å². The van der Waals surface area contributed by atoms with Crippen LogP contribution in [-0.2, 0) is 6.54 Å². The Bertz CT molecular complexity index is 621. The molecule has 0 aliphatic carbocycles. The second-order valence-electron chi connectivity index (χ2n) is 5.64. The third-order valence-electron chi connectivity index (χ3n) is 3.87. The summed E-state index contributed by atoms with van der Waals surface area (Å²) in [4.78, 5) is 0. The highest BCUT2D eigenvalue weighted by Gasteiger charge is 2.04. The van der Waals surface area contributed by atoms with Gasteiger partial charge in [0.05, 0.1) is 0 Å². The Kier molecular flexibility index (Phi) is 4.54. The van der Waals surface area contributed by atoms with Crippen LogP contribution in [0.15, 0.2) is 28.7 Å². The van der Waals surface area contributed by atoms with Crippen LogP contribution in [0.1, 0.15) is 33.4 Å². The lowest BCUT2D eigenvalue weighted by atomic mass is 10.0. The molecule has 1 nitrogen and oxygen atoms in total. The number of halogens is 1. The highest BCUT2D eigenvalue weighted by atomic mass is 79.9. The molecule has 0 amide bonds. The van der Waals surface area contributed by atoms with Crippen LogP contribution in [-0.4, -0.2) is 0 Å². The van der Waals surface area contributed by atoms with E-state index in [2.05, 4.69) is 80.1 Å². The first kappa shape index (κ1) is 15.1. The maximum atomic E-state index is 3.61.